The average Bonchev–Trinajstić information content (AvgIpc) is 3.22. The first-order valence-corrected chi connectivity index (χ1v) is 9.84. The summed E-state index contributed by atoms with van der Waals surface area (Å²) in [4.78, 5) is 0. The summed E-state index contributed by atoms with van der Waals surface area (Å²) in [7, 11) is 1.66. The SMILES string of the molecule is COc1ccc(C2CNNC2c2ccc(OCc3cccc(Cl)c3)cc2O)cc1. The van der Waals surface area contributed by atoms with Crippen LogP contribution in [-0.4, -0.2) is 18.8 Å². The van der Waals surface area contributed by atoms with E-state index in [1.807, 2.05) is 48.5 Å². The molecule has 4 rings (SSSR count). The molecule has 1 aliphatic rings. The summed E-state index contributed by atoms with van der Waals surface area (Å²) >= 11 is 6.01. The second-order valence-corrected chi connectivity index (χ2v) is 7.46. The normalized spacial score (nSPS) is 18.6. The molecule has 1 saturated heterocycles. The molecule has 3 aromatic carbocycles. The molecule has 2 unspecified atom stereocenters. The maximum atomic E-state index is 10.7. The minimum atomic E-state index is -0.0506. The first-order valence-electron chi connectivity index (χ1n) is 9.46. The van der Waals surface area contributed by atoms with Crippen molar-refractivity contribution in [2.75, 3.05) is 13.7 Å². The van der Waals surface area contributed by atoms with Crippen molar-refractivity contribution in [3.05, 3.63) is 88.4 Å². The van der Waals surface area contributed by atoms with Crippen molar-refractivity contribution in [1.29, 1.82) is 0 Å². The second-order valence-electron chi connectivity index (χ2n) is 7.02. The fourth-order valence-electron chi connectivity index (χ4n) is 3.62. The maximum absolute atomic E-state index is 10.7. The number of methoxy groups -OCH3 is 1. The van der Waals surface area contributed by atoms with Crippen molar-refractivity contribution >= 4 is 11.6 Å². The van der Waals surface area contributed by atoms with Crippen LogP contribution in [0, 0.1) is 0 Å². The lowest BCUT2D eigenvalue weighted by Gasteiger charge is -2.21. The van der Waals surface area contributed by atoms with E-state index < -0.39 is 0 Å². The fourth-order valence-corrected chi connectivity index (χ4v) is 3.84. The number of phenolic OH excluding ortho intramolecular Hbond substituents is 1. The number of phenols is 1. The molecule has 1 heterocycles. The number of hydrazine groups is 1. The molecule has 0 aromatic heterocycles. The van der Waals surface area contributed by atoms with Crippen molar-refractivity contribution in [3.8, 4) is 17.2 Å². The van der Waals surface area contributed by atoms with E-state index in [4.69, 9.17) is 21.1 Å². The monoisotopic (exact) mass is 410 g/mol. The zero-order chi connectivity index (χ0) is 20.2. The van der Waals surface area contributed by atoms with Gasteiger partial charge < -0.3 is 14.6 Å². The summed E-state index contributed by atoms with van der Waals surface area (Å²) in [5, 5.41) is 11.3. The number of halogens is 1. The van der Waals surface area contributed by atoms with Gasteiger partial charge in [0.05, 0.1) is 13.2 Å². The minimum Gasteiger partial charge on any atom is -0.507 e. The van der Waals surface area contributed by atoms with E-state index in [1.165, 1.54) is 5.56 Å². The third kappa shape index (κ3) is 4.48. The Bertz CT molecular complexity index is 978. The van der Waals surface area contributed by atoms with E-state index in [-0.39, 0.29) is 17.7 Å². The Morgan fingerprint density at radius 2 is 1.83 bits per heavy atom. The molecule has 0 bridgehead atoms. The number of aromatic hydroxyl groups is 1. The summed E-state index contributed by atoms with van der Waals surface area (Å²) in [6, 6.07) is 21.0. The zero-order valence-electron chi connectivity index (χ0n) is 16.1. The molecule has 0 radical (unpaired) electrons. The van der Waals surface area contributed by atoms with Crippen LogP contribution in [0.1, 0.15) is 28.7 Å². The quantitative estimate of drug-likeness (QED) is 0.555. The first-order chi connectivity index (χ1) is 14.1. The highest BCUT2D eigenvalue weighted by atomic mass is 35.5. The van der Waals surface area contributed by atoms with E-state index in [0.29, 0.717) is 17.4 Å². The second kappa shape index (κ2) is 8.74. The Morgan fingerprint density at radius 3 is 2.55 bits per heavy atom. The van der Waals surface area contributed by atoms with Crippen molar-refractivity contribution < 1.29 is 14.6 Å². The van der Waals surface area contributed by atoms with Gasteiger partial charge in [-0.1, -0.05) is 41.9 Å². The Labute approximate surface area is 175 Å². The third-order valence-corrected chi connectivity index (χ3v) is 5.39. The Kier molecular flexibility index (Phi) is 5.90. The first kappa shape index (κ1) is 19.6. The number of hydrogen-bond donors (Lipinski definition) is 3. The molecule has 3 aromatic rings. The highest BCUT2D eigenvalue weighted by Gasteiger charge is 2.31. The van der Waals surface area contributed by atoms with E-state index in [2.05, 4.69) is 23.0 Å². The maximum Gasteiger partial charge on any atom is 0.124 e. The van der Waals surface area contributed by atoms with Gasteiger partial charge in [0.25, 0.3) is 0 Å². The van der Waals surface area contributed by atoms with Crippen molar-refractivity contribution in [3.63, 3.8) is 0 Å². The summed E-state index contributed by atoms with van der Waals surface area (Å²) in [5.74, 6) is 1.82. The standard InChI is InChI=1S/C23H23ClN2O3/c1-28-18-7-5-16(6-8-18)21-13-25-26-23(21)20-10-9-19(12-22(20)27)29-14-15-3-2-4-17(24)11-15/h2-12,21,23,25-27H,13-14H2,1H3. The Morgan fingerprint density at radius 1 is 1.03 bits per heavy atom. The van der Waals surface area contributed by atoms with E-state index in [9.17, 15) is 5.11 Å². The van der Waals surface area contributed by atoms with Crippen LogP contribution >= 0.6 is 11.6 Å². The predicted molar refractivity (Wildman–Crippen MR) is 114 cm³/mol. The molecular weight excluding hydrogens is 388 g/mol. The Balaban J connectivity index is 1.49. The molecule has 0 spiro atoms. The molecule has 2 atom stereocenters. The van der Waals surface area contributed by atoms with Gasteiger partial charge in [0.15, 0.2) is 0 Å². The molecule has 150 valence electrons. The van der Waals surface area contributed by atoms with Crippen LogP contribution in [0.5, 0.6) is 17.2 Å². The van der Waals surface area contributed by atoms with Gasteiger partial charge in [-0.3, -0.25) is 5.43 Å². The number of ether oxygens (including phenoxy) is 2. The summed E-state index contributed by atoms with van der Waals surface area (Å²) in [6.45, 7) is 1.15. The van der Waals surface area contributed by atoms with Gasteiger partial charge in [-0.25, -0.2) is 5.43 Å². The highest BCUT2D eigenvalue weighted by Crippen LogP contribution is 2.39. The predicted octanol–water partition coefficient (Wildman–Crippen LogP) is 4.57. The summed E-state index contributed by atoms with van der Waals surface area (Å²) < 4.78 is 11.1. The largest absolute Gasteiger partial charge is 0.507 e. The van der Waals surface area contributed by atoms with Crippen molar-refractivity contribution in [2.24, 2.45) is 0 Å². The molecule has 6 heteroatoms. The van der Waals surface area contributed by atoms with E-state index in [0.717, 1.165) is 23.4 Å². The average molecular weight is 411 g/mol. The molecule has 0 saturated carbocycles. The lowest BCUT2D eigenvalue weighted by atomic mass is 9.88. The van der Waals surface area contributed by atoms with Gasteiger partial charge in [-0.2, -0.15) is 0 Å². The van der Waals surface area contributed by atoms with Crippen LogP contribution in [0.25, 0.3) is 0 Å². The zero-order valence-corrected chi connectivity index (χ0v) is 16.8. The van der Waals surface area contributed by atoms with Gasteiger partial charge in [0.1, 0.15) is 23.9 Å². The number of hydrogen-bond acceptors (Lipinski definition) is 5. The number of nitrogens with one attached hydrogen (secondary N) is 2. The topological polar surface area (TPSA) is 62.8 Å². The highest BCUT2D eigenvalue weighted by molar-refractivity contribution is 6.30. The van der Waals surface area contributed by atoms with Crippen molar-refractivity contribution in [2.45, 2.75) is 18.6 Å². The smallest absolute Gasteiger partial charge is 0.124 e. The van der Waals surface area contributed by atoms with Gasteiger partial charge >= 0.3 is 0 Å². The van der Waals surface area contributed by atoms with Crippen LogP contribution in [0.15, 0.2) is 66.7 Å². The molecule has 3 N–H and O–H groups in total. The molecule has 0 aliphatic carbocycles. The molecule has 29 heavy (non-hydrogen) atoms. The number of rotatable bonds is 6. The van der Waals surface area contributed by atoms with E-state index in [1.54, 1.807) is 13.2 Å². The van der Waals surface area contributed by atoms with Gasteiger partial charge in [0.2, 0.25) is 0 Å². The van der Waals surface area contributed by atoms with Crippen LogP contribution in [0.2, 0.25) is 5.02 Å². The summed E-state index contributed by atoms with van der Waals surface area (Å²) in [5.41, 5.74) is 9.46. The van der Waals surface area contributed by atoms with Gasteiger partial charge in [-0.05, 0) is 41.5 Å². The van der Waals surface area contributed by atoms with Gasteiger partial charge in [0, 0.05) is 29.1 Å². The lowest BCUT2D eigenvalue weighted by Crippen LogP contribution is -2.25. The van der Waals surface area contributed by atoms with Crippen LogP contribution in [0.4, 0.5) is 0 Å². The third-order valence-electron chi connectivity index (χ3n) is 5.16. The summed E-state index contributed by atoms with van der Waals surface area (Å²) in [6.07, 6.45) is 0. The van der Waals surface area contributed by atoms with E-state index >= 15 is 0 Å². The molecule has 1 aliphatic heterocycles. The van der Waals surface area contributed by atoms with Crippen LogP contribution in [-0.2, 0) is 6.61 Å². The Hall–Kier alpha value is -2.73. The molecule has 0 amide bonds. The lowest BCUT2D eigenvalue weighted by molar-refractivity contribution is 0.304. The number of benzene rings is 3. The minimum absolute atomic E-state index is 0.0506. The van der Waals surface area contributed by atoms with Crippen LogP contribution < -0.4 is 20.3 Å². The molecular formula is C23H23ClN2O3. The van der Waals surface area contributed by atoms with Crippen LogP contribution in [0.3, 0.4) is 0 Å². The van der Waals surface area contributed by atoms with Gasteiger partial charge in [-0.15, -0.1) is 0 Å². The molecule has 1 fully saturated rings. The molecule has 5 nitrogen and oxygen atoms in total. The van der Waals surface area contributed by atoms with Crippen molar-refractivity contribution in [1.82, 2.24) is 10.9 Å². The fraction of sp³-hybridized carbons (Fsp3) is 0.217.